The highest BCUT2D eigenvalue weighted by Crippen LogP contribution is 2.31. The molecule has 2 aromatic carbocycles. The minimum Gasteiger partial charge on any atom is -0.330 e. The lowest BCUT2D eigenvalue weighted by atomic mass is 10.0. The van der Waals surface area contributed by atoms with Gasteiger partial charge in [-0.15, -0.1) is 0 Å². The lowest BCUT2D eigenvalue weighted by molar-refractivity contribution is 0.339. The highest BCUT2D eigenvalue weighted by atomic mass is 15.1. The van der Waals surface area contributed by atoms with E-state index in [4.69, 9.17) is 4.98 Å². The van der Waals surface area contributed by atoms with Crippen LogP contribution in [0.25, 0.3) is 22.5 Å². The van der Waals surface area contributed by atoms with Crippen molar-refractivity contribution in [3.63, 3.8) is 0 Å². The van der Waals surface area contributed by atoms with E-state index in [1.807, 2.05) is 12.4 Å². The smallest absolute Gasteiger partial charge is 0.0963 e. The fraction of sp³-hybridized carbons (Fsp3) is 0.318. The van der Waals surface area contributed by atoms with Gasteiger partial charge in [0.2, 0.25) is 0 Å². The topological polar surface area (TPSA) is 21.1 Å². The van der Waals surface area contributed by atoms with E-state index in [1.54, 1.807) is 0 Å². The van der Waals surface area contributed by atoms with Gasteiger partial charge in [-0.1, -0.05) is 67.6 Å². The first-order chi connectivity index (χ1) is 12.3. The third-order valence-corrected chi connectivity index (χ3v) is 4.66. The van der Waals surface area contributed by atoms with Crippen molar-refractivity contribution in [3.05, 3.63) is 67.0 Å². The van der Waals surface area contributed by atoms with Crippen LogP contribution >= 0.6 is 0 Å². The molecule has 0 bridgehead atoms. The number of aromatic nitrogens is 2. The molecule has 0 atom stereocenters. The van der Waals surface area contributed by atoms with Crippen molar-refractivity contribution in [2.45, 2.75) is 26.3 Å². The molecule has 0 radical (unpaired) electrons. The zero-order valence-electron chi connectivity index (χ0n) is 15.2. The Bertz CT molecular complexity index is 762. The van der Waals surface area contributed by atoms with Crippen LogP contribution in [0.2, 0.25) is 0 Å². The van der Waals surface area contributed by atoms with Gasteiger partial charge in [-0.05, 0) is 33.0 Å². The van der Waals surface area contributed by atoms with Crippen LogP contribution in [0.5, 0.6) is 0 Å². The van der Waals surface area contributed by atoms with Crippen LogP contribution in [0.15, 0.2) is 67.0 Å². The fourth-order valence-electron chi connectivity index (χ4n) is 3.08. The Labute approximate surface area is 150 Å². The molecular formula is C22H27N3. The first-order valence-corrected chi connectivity index (χ1v) is 9.14. The number of rotatable bonds is 8. The molecule has 3 rings (SSSR count). The average Bonchev–Trinajstić information content (AvgIpc) is 3.10. The van der Waals surface area contributed by atoms with E-state index in [1.165, 1.54) is 23.2 Å². The Hall–Kier alpha value is -2.39. The zero-order valence-corrected chi connectivity index (χ0v) is 15.2. The van der Waals surface area contributed by atoms with Crippen LogP contribution in [0.1, 0.15) is 19.8 Å². The first-order valence-electron chi connectivity index (χ1n) is 9.14. The second-order valence-corrected chi connectivity index (χ2v) is 6.47. The first kappa shape index (κ1) is 17.4. The van der Waals surface area contributed by atoms with E-state index >= 15 is 0 Å². The Morgan fingerprint density at radius 2 is 1.52 bits per heavy atom. The molecule has 1 heterocycles. The maximum Gasteiger partial charge on any atom is 0.0963 e. The van der Waals surface area contributed by atoms with E-state index in [-0.39, 0.29) is 0 Å². The summed E-state index contributed by atoms with van der Waals surface area (Å²) in [4.78, 5) is 7.11. The van der Waals surface area contributed by atoms with Gasteiger partial charge in [-0.25, -0.2) is 4.98 Å². The van der Waals surface area contributed by atoms with E-state index in [9.17, 15) is 0 Å². The van der Waals surface area contributed by atoms with Crippen LogP contribution in [-0.4, -0.2) is 34.6 Å². The maximum atomic E-state index is 4.75. The Morgan fingerprint density at radius 3 is 2.16 bits per heavy atom. The van der Waals surface area contributed by atoms with Gasteiger partial charge >= 0.3 is 0 Å². The van der Waals surface area contributed by atoms with Crippen LogP contribution < -0.4 is 0 Å². The molecule has 0 aliphatic heterocycles. The molecule has 0 saturated carbocycles. The van der Waals surface area contributed by atoms with Crippen molar-refractivity contribution in [2.75, 3.05) is 20.1 Å². The van der Waals surface area contributed by atoms with Crippen molar-refractivity contribution in [1.29, 1.82) is 0 Å². The molecule has 1 aromatic heterocycles. The normalized spacial score (nSPS) is 11.2. The number of benzene rings is 2. The summed E-state index contributed by atoms with van der Waals surface area (Å²) in [5.74, 6) is 0. The predicted molar refractivity (Wildman–Crippen MR) is 106 cm³/mol. The Kier molecular flexibility index (Phi) is 6.02. The molecule has 0 fully saturated rings. The summed E-state index contributed by atoms with van der Waals surface area (Å²) in [6, 6.07) is 21.1. The largest absolute Gasteiger partial charge is 0.330 e. The van der Waals surface area contributed by atoms with Crippen LogP contribution in [0.3, 0.4) is 0 Å². The summed E-state index contributed by atoms with van der Waals surface area (Å²) >= 11 is 0. The van der Waals surface area contributed by atoms with Gasteiger partial charge < -0.3 is 9.47 Å². The van der Waals surface area contributed by atoms with Gasteiger partial charge in [0.1, 0.15) is 0 Å². The zero-order chi connectivity index (χ0) is 17.5. The summed E-state index contributed by atoms with van der Waals surface area (Å²) in [6.45, 7) is 5.47. The molecule has 3 heteroatoms. The standard InChI is InChI=1S/C22H27N3/c1-3-24(2)16-10-11-17-25-18-23-21(19-12-6-4-7-13-19)22(25)20-14-8-5-9-15-20/h4-9,12-15,18H,3,10-11,16-17H2,1-2H3. The number of unbranched alkanes of at least 4 members (excludes halogenated alkanes) is 1. The SMILES string of the molecule is CCN(C)CCCCn1cnc(-c2ccccc2)c1-c1ccccc1. The third kappa shape index (κ3) is 4.37. The second kappa shape index (κ2) is 8.63. The van der Waals surface area contributed by atoms with Gasteiger partial charge in [0.05, 0.1) is 17.7 Å². The highest BCUT2D eigenvalue weighted by molar-refractivity contribution is 5.78. The van der Waals surface area contributed by atoms with Gasteiger partial charge in [-0.2, -0.15) is 0 Å². The monoisotopic (exact) mass is 333 g/mol. The average molecular weight is 333 g/mol. The lowest BCUT2D eigenvalue weighted by Crippen LogP contribution is -2.19. The fourth-order valence-corrected chi connectivity index (χ4v) is 3.08. The predicted octanol–water partition coefficient (Wildman–Crippen LogP) is 4.95. The molecule has 3 nitrogen and oxygen atoms in total. The van der Waals surface area contributed by atoms with Gasteiger partial charge in [0, 0.05) is 17.7 Å². The summed E-state index contributed by atoms with van der Waals surface area (Å²) < 4.78 is 2.31. The minimum absolute atomic E-state index is 1.00. The minimum atomic E-state index is 1.00. The summed E-state index contributed by atoms with van der Waals surface area (Å²) in [7, 11) is 2.18. The van der Waals surface area contributed by atoms with Crippen LogP contribution in [-0.2, 0) is 6.54 Å². The van der Waals surface area contributed by atoms with Crippen molar-refractivity contribution in [3.8, 4) is 22.5 Å². The molecule has 0 saturated heterocycles. The van der Waals surface area contributed by atoms with Gasteiger partial charge in [-0.3, -0.25) is 0 Å². The molecule has 0 N–H and O–H groups in total. The Balaban J connectivity index is 1.85. The van der Waals surface area contributed by atoms with E-state index in [2.05, 4.69) is 78.0 Å². The molecular weight excluding hydrogens is 306 g/mol. The Morgan fingerprint density at radius 1 is 0.880 bits per heavy atom. The van der Waals surface area contributed by atoms with Gasteiger partial charge in [0.15, 0.2) is 0 Å². The van der Waals surface area contributed by atoms with Crippen LogP contribution in [0, 0.1) is 0 Å². The summed E-state index contributed by atoms with van der Waals surface area (Å²) in [6.07, 6.45) is 4.36. The molecule has 130 valence electrons. The summed E-state index contributed by atoms with van der Waals surface area (Å²) in [5, 5.41) is 0. The number of nitrogens with zero attached hydrogens (tertiary/aromatic N) is 3. The molecule has 0 aliphatic rings. The molecule has 0 amide bonds. The number of imidazole rings is 1. The number of aryl methyl sites for hydroxylation is 1. The molecule has 0 spiro atoms. The molecule has 0 aliphatic carbocycles. The van der Waals surface area contributed by atoms with Crippen molar-refractivity contribution < 1.29 is 0 Å². The maximum absolute atomic E-state index is 4.75. The van der Waals surface area contributed by atoms with Crippen molar-refractivity contribution in [1.82, 2.24) is 14.5 Å². The number of hydrogen-bond donors (Lipinski definition) is 0. The van der Waals surface area contributed by atoms with Crippen molar-refractivity contribution in [2.24, 2.45) is 0 Å². The quantitative estimate of drug-likeness (QED) is 0.544. The molecule has 25 heavy (non-hydrogen) atoms. The highest BCUT2D eigenvalue weighted by Gasteiger charge is 2.14. The van der Waals surface area contributed by atoms with E-state index < -0.39 is 0 Å². The van der Waals surface area contributed by atoms with Crippen molar-refractivity contribution >= 4 is 0 Å². The van der Waals surface area contributed by atoms with E-state index in [0.717, 1.165) is 31.7 Å². The molecule has 3 aromatic rings. The number of hydrogen-bond acceptors (Lipinski definition) is 2. The third-order valence-electron chi connectivity index (χ3n) is 4.66. The van der Waals surface area contributed by atoms with Gasteiger partial charge in [0.25, 0.3) is 0 Å². The lowest BCUT2D eigenvalue weighted by Gasteiger charge is -2.14. The van der Waals surface area contributed by atoms with Crippen LogP contribution in [0.4, 0.5) is 0 Å². The van der Waals surface area contributed by atoms with E-state index in [0.29, 0.717) is 0 Å². The summed E-state index contributed by atoms with van der Waals surface area (Å²) in [5.41, 5.74) is 4.68. The second-order valence-electron chi connectivity index (χ2n) is 6.47. The molecule has 0 unspecified atom stereocenters.